The molecule has 0 atom stereocenters. The van der Waals surface area contributed by atoms with Crippen molar-refractivity contribution in [1.82, 2.24) is 4.90 Å². The Hall–Kier alpha value is -3.81. The highest BCUT2D eigenvalue weighted by molar-refractivity contribution is 5.71. The van der Waals surface area contributed by atoms with Crippen molar-refractivity contribution < 1.29 is 19.4 Å². The van der Waals surface area contributed by atoms with Gasteiger partial charge >= 0.3 is 5.97 Å². The Morgan fingerprint density at radius 1 is 1.27 bits per heavy atom. The summed E-state index contributed by atoms with van der Waals surface area (Å²) >= 11 is 0. The van der Waals surface area contributed by atoms with Crippen molar-refractivity contribution in [2.24, 2.45) is 0 Å². The molecule has 30 heavy (non-hydrogen) atoms. The quantitative estimate of drug-likeness (QED) is 0.546. The molecule has 0 bridgehead atoms. The lowest BCUT2D eigenvalue weighted by Gasteiger charge is -2.17. The summed E-state index contributed by atoms with van der Waals surface area (Å²) in [6, 6.07) is 8.90. The first-order valence-corrected chi connectivity index (χ1v) is 9.32. The van der Waals surface area contributed by atoms with Gasteiger partial charge in [0.1, 0.15) is 35.0 Å². The van der Waals surface area contributed by atoms with Gasteiger partial charge in [0.2, 0.25) is 0 Å². The highest BCUT2D eigenvalue weighted by atomic mass is 16.5. The third-order valence-electron chi connectivity index (χ3n) is 4.14. The van der Waals surface area contributed by atoms with E-state index in [0.29, 0.717) is 35.8 Å². The average molecular weight is 405 g/mol. The third kappa shape index (κ3) is 6.37. The van der Waals surface area contributed by atoms with Crippen LogP contribution in [0.15, 0.2) is 59.1 Å². The molecule has 2 rings (SSSR count). The number of esters is 1. The minimum Gasteiger partial charge on any atom is -0.508 e. The Morgan fingerprint density at radius 2 is 2.00 bits per heavy atom. The van der Waals surface area contributed by atoms with Crippen LogP contribution in [-0.2, 0) is 20.8 Å². The van der Waals surface area contributed by atoms with E-state index >= 15 is 0 Å². The summed E-state index contributed by atoms with van der Waals surface area (Å²) in [6.07, 6.45) is 6.78. The van der Waals surface area contributed by atoms with Crippen LogP contribution in [0, 0.1) is 22.7 Å². The maximum Gasteiger partial charge on any atom is 0.320 e. The summed E-state index contributed by atoms with van der Waals surface area (Å²) in [5.41, 5.74) is 1.99. The zero-order chi connectivity index (χ0) is 22.1. The normalized spacial score (nSPS) is 13.2. The lowest BCUT2D eigenvalue weighted by molar-refractivity contribution is -0.144. The number of phenols is 1. The molecule has 7 nitrogen and oxygen atoms in total. The number of carbonyl (C=O) groups excluding carboxylic acids is 1. The molecule has 0 saturated heterocycles. The van der Waals surface area contributed by atoms with Gasteiger partial charge in [-0.3, -0.25) is 9.69 Å². The predicted molar refractivity (Wildman–Crippen MR) is 111 cm³/mol. The number of hydrogen-bond acceptors (Lipinski definition) is 7. The van der Waals surface area contributed by atoms with Gasteiger partial charge in [-0.25, -0.2) is 0 Å². The summed E-state index contributed by atoms with van der Waals surface area (Å²) in [4.78, 5) is 13.4. The Kier molecular flexibility index (Phi) is 7.99. The molecule has 0 fully saturated rings. The molecule has 1 aliphatic rings. The van der Waals surface area contributed by atoms with Crippen LogP contribution in [-0.4, -0.2) is 36.2 Å². The summed E-state index contributed by atoms with van der Waals surface area (Å²) in [5, 5.41) is 28.3. The zero-order valence-electron chi connectivity index (χ0n) is 17.2. The highest BCUT2D eigenvalue weighted by Gasteiger charge is 2.12. The minimum atomic E-state index is -0.321. The van der Waals surface area contributed by atoms with Gasteiger partial charge < -0.3 is 14.6 Å². The molecule has 0 unspecified atom stereocenters. The van der Waals surface area contributed by atoms with Gasteiger partial charge in [-0.1, -0.05) is 12.1 Å². The first kappa shape index (κ1) is 22.5. The van der Waals surface area contributed by atoms with Crippen molar-refractivity contribution in [2.45, 2.75) is 20.4 Å². The minimum absolute atomic E-state index is 0.0140. The molecule has 1 aliphatic heterocycles. The van der Waals surface area contributed by atoms with Crippen molar-refractivity contribution in [3.63, 3.8) is 0 Å². The van der Waals surface area contributed by atoms with Gasteiger partial charge in [-0.2, -0.15) is 10.5 Å². The van der Waals surface area contributed by atoms with Gasteiger partial charge in [-0.15, -0.1) is 0 Å². The fourth-order valence-corrected chi connectivity index (χ4v) is 2.83. The number of hydrogen-bond donors (Lipinski definition) is 1. The zero-order valence-corrected chi connectivity index (χ0v) is 17.2. The maximum absolute atomic E-state index is 11.6. The number of aromatic hydroxyl groups is 1. The van der Waals surface area contributed by atoms with Crippen LogP contribution >= 0.6 is 0 Å². The number of benzene rings is 1. The number of nitriles is 2. The van der Waals surface area contributed by atoms with Crippen LogP contribution in [0.2, 0.25) is 0 Å². The molecule has 0 saturated carbocycles. The van der Waals surface area contributed by atoms with Crippen LogP contribution in [0.3, 0.4) is 0 Å². The van der Waals surface area contributed by atoms with Crippen molar-refractivity contribution in [3.05, 3.63) is 70.2 Å². The van der Waals surface area contributed by atoms with Crippen molar-refractivity contribution in [2.75, 3.05) is 20.2 Å². The van der Waals surface area contributed by atoms with Crippen molar-refractivity contribution in [1.29, 1.82) is 10.5 Å². The SMILES string of the molecule is CCOC(=O)CN(C)Cc1cc(/C=C/C2=CC(=C(C#N)C#N)C=C(C)O2)ccc1O. The van der Waals surface area contributed by atoms with E-state index in [2.05, 4.69) is 0 Å². The van der Waals surface area contributed by atoms with E-state index in [1.165, 1.54) is 0 Å². The number of nitrogens with zero attached hydrogens (tertiary/aromatic N) is 3. The van der Waals surface area contributed by atoms with Crippen molar-refractivity contribution >= 4 is 12.0 Å². The van der Waals surface area contributed by atoms with Crippen LogP contribution in [0.25, 0.3) is 6.08 Å². The van der Waals surface area contributed by atoms with Crippen LogP contribution in [0.5, 0.6) is 5.75 Å². The van der Waals surface area contributed by atoms with E-state index in [1.54, 1.807) is 62.2 Å². The fraction of sp³-hybridized carbons (Fsp3) is 0.261. The number of ether oxygens (including phenoxy) is 2. The van der Waals surface area contributed by atoms with Crippen molar-refractivity contribution in [3.8, 4) is 17.9 Å². The van der Waals surface area contributed by atoms with E-state index in [9.17, 15) is 9.90 Å². The van der Waals surface area contributed by atoms with E-state index in [1.807, 2.05) is 18.2 Å². The number of carbonyl (C=O) groups is 1. The number of allylic oxidation sites excluding steroid dienone is 6. The first-order chi connectivity index (χ1) is 14.4. The first-order valence-electron chi connectivity index (χ1n) is 9.32. The van der Waals surface area contributed by atoms with Crippen LogP contribution in [0.1, 0.15) is 25.0 Å². The second kappa shape index (κ2) is 10.7. The van der Waals surface area contributed by atoms with E-state index < -0.39 is 0 Å². The van der Waals surface area contributed by atoms with Gasteiger partial charge in [0.15, 0.2) is 0 Å². The monoisotopic (exact) mass is 405 g/mol. The molecule has 0 aromatic heterocycles. The molecule has 154 valence electrons. The van der Waals surface area contributed by atoms with Gasteiger partial charge in [0, 0.05) is 17.7 Å². The Morgan fingerprint density at radius 3 is 2.67 bits per heavy atom. The molecule has 0 amide bonds. The highest BCUT2D eigenvalue weighted by Crippen LogP contribution is 2.24. The molecule has 0 radical (unpaired) electrons. The average Bonchev–Trinajstić information content (AvgIpc) is 2.69. The Labute approximate surface area is 176 Å². The van der Waals surface area contributed by atoms with E-state index in [-0.39, 0.29) is 23.8 Å². The molecule has 1 aromatic rings. The summed E-state index contributed by atoms with van der Waals surface area (Å²) in [5.74, 6) is 0.871. The fourth-order valence-electron chi connectivity index (χ4n) is 2.83. The molecule has 1 N–H and O–H groups in total. The summed E-state index contributed by atoms with van der Waals surface area (Å²) < 4.78 is 10.6. The Balaban J connectivity index is 2.18. The van der Waals surface area contributed by atoms with E-state index in [4.69, 9.17) is 20.0 Å². The second-order valence-electron chi connectivity index (χ2n) is 6.66. The van der Waals surface area contributed by atoms with Crippen LogP contribution < -0.4 is 0 Å². The predicted octanol–water partition coefficient (Wildman–Crippen LogP) is 3.56. The molecular weight excluding hydrogens is 382 g/mol. The molecular formula is C23H23N3O4. The second-order valence-corrected chi connectivity index (χ2v) is 6.66. The van der Waals surface area contributed by atoms with Gasteiger partial charge in [-0.05, 0) is 56.8 Å². The van der Waals surface area contributed by atoms with Gasteiger partial charge in [0.05, 0.1) is 13.2 Å². The third-order valence-corrected chi connectivity index (χ3v) is 4.14. The maximum atomic E-state index is 11.6. The standard InChI is InChI=1S/C23H23N3O4/c1-4-29-23(28)15-26(3)14-19-10-17(6-8-22(19)27)5-7-21-11-18(9-16(2)30-21)20(12-24)13-25/h5-11,27H,4,14-15H2,1-3H3/b7-5+. The van der Waals surface area contributed by atoms with E-state index in [0.717, 1.165) is 5.56 Å². The number of likely N-dealkylation sites (N-methyl/N-ethyl adjacent to an activating group) is 1. The number of rotatable bonds is 7. The topological polar surface area (TPSA) is 107 Å². The smallest absolute Gasteiger partial charge is 0.320 e. The molecule has 1 aromatic carbocycles. The lowest BCUT2D eigenvalue weighted by atomic mass is 10.1. The van der Waals surface area contributed by atoms with Crippen LogP contribution in [0.4, 0.5) is 0 Å². The largest absolute Gasteiger partial charge is 0.508 e. The summed E-state index contributed by atoms with van der Waals surface area (Å²) in [7, 11) is 1.77. The molecule has 7 heteroatoms. The number of phenolic OH excluding ortho intramolecular Hbond substituents is 1. The Bertz CT molecular complexity index is 1000. The summed E-state index contributed by atoms with van der Waals surface area (Å²) in [6.45, 7) is 4.31. The molecule has 0 spiro atoms. The van der Waals surface area contributed by atoms with Gasteiger partial charge in [0.25, 0.3) is 0 Å². The lowest BCUT2D eigenvalue weighted by Crippen LogP contribution is -2.27. The molecule has 0 aliphatic carbocycles. The molecule has 1 heterocycles.